The van der Waals surface area contributed by atoms with Crippen LogP contribution in [-0.2, 0) is 16.1 Å². The highest BCUT2D eigenvalue weighted by Crippen LogP contribution is 2.20. The van der Waals surface area contributed by atoms with Crippen LogP contribution in [0.5, 0.6) is 0 Å². The number of carbonyl (C=O) groups excluding carboxylic acids is 2. The van der Waals surface area contributed by atoms with Gasteiger partial charge >= 0.3 is 18.1 Å². The predicted molar refractivity (Wildman–Crippen MR) is 88.0 cm³/mol. The van der Waals surface area contributed by atoms with Crippen molar-refractivity contribution in [3.05, 3.63) is 65.5 Å². The summed E-state index contributed by atoms with van der Waals surface area (Å²) in [5.74, 6) is -4.31. The number of benzene rings is 2. The first-order valence-corrected chi connectivity index (χ1v) is 7.66. The lowest BCUT2D eigenvalue weighted by molar-refractivity contribution is -0.167. The number of hydrogen-bond donors (Lipinski definition) is 1. The van der Waals surface area contributed by atoms with Gasteiger partial charge in [-0.05, 0) is 23.8 Å². The average Bonchev–Trinajstić information content (AvgIpc) is 2.61. The van der Waals surface area contributed by atoms with Crippen LogP contribution in [0.3, 0.4) is 0 Å². The lowest BCUT2D eigenvalue weighted by Crippen LogP contribution is -2.30. The second-order valence-corrected chi connectivity index (χ2v) is 4.71. The van der Waals surface area contributed by atoms with E-state index >= 15 is 0 Å². The number of nitrogens with one attached hydrogen (secondary N) is 1. The van der Waals surface area contributed by atoms with E-state index in [9.17, 15) is 27.2 Å². The molecule has 0 atom stereocenters. The number of rotatable bonds is 4. The Labute approximate surface area is 147 Å². The van der Waals surface area contributed by atoms with Crippen LogP contribution in [0.15, 0.2) is 48.5 Å². The van der Waals surface area contributed by atoms with Gasteiger partial charge in [-0.3, -0.25) is 4.79 Å². The molecule has 0 saturated carbocycles. The maximum absolute atomic E-state index is 13.8. The van der Waals surface area contributed by atoms with Gasteiger partial charge in [-0.25, -0.2) is 9.18 Å². The molecule has 2 aromatic carbocycles. The van der Waals surface area contributed by atoms with Gasteiger partial charge in [0.25, 0.3) is 0 Å². The normalized spacial score (nSPS) is 10.4. The van der Waals surface area contributed by atoms with Crippen molar-refractivity contribution in [1.82, 2.24) is 0 Å². The molecule has 26 heavy (non-hydrogen) atoms. The number of carbonyl (C=O) groups is 2. The summed E-state index contributed by atoms with van der Waals surface area (Å²) >= 11 is 0. The summed E-state index contributed by atoms with van der Waals surface area (Å²) in [7, 11) is 0. The SMILES string of the molecule is CC.O=C(OCc1ccccc1)c1ccc(NC(=O)C(F)(F)F)cc1F. The lowest BCUT2D eigenvalue weighted by Gasteiger charge is -2.10. The van der Waals surface area contributed by atoms with Gasteiger partial charge in [0.2, 0.25) is 0 Å². The Balaban J connectivity index is 0.00000163. The zero-order valence-electron chi connectivity index (χ0n) is 14.1. The Morgan fingerprint density at radius 2 is 1.65 bits per heavy atom. The van der Waals surface area contributed by atoms with Gasteiger partial charge in [0.15, 0.2) is 0 Å². The van der Waals surface area contributed by atoms with Crippen molar-refractivity contribution in [3.8, 4) is 0 Å². The van der Waals surface area contributed by atoms with E-state index in [-0.39, 0.29) is 6.61 Å². The molecule has 8 heteroatoms. The Bertz CT molecular complexity index is 746. The first-order valence-electron chi connectivity index (χ1n) is 7.66. The third-order valence-electron chi connectivity index (χ3n) is 2.92. The highest BCUT2D eigenvalue weighted by molar-refractivity contribution is 5.96. The predicted octanol–water partition coefficient (Wildman–Crippen LogP) is 4.71. The second kappa shape index (κ2) is 9.55. The standard InChI is InChI=1S/C16H11F4NO3.C2H6/c17-13-8-11(21-15(23)16(18,19)20)6-7-12(13)14(22)24-9-10-4-2-1-3-5-10;1-2/h1-8H,9H2,(H,21,23);1-2H3. The highest BCUT2D eigenvalue weighted by atomic mass is 19.4. The number of alkyl halides is 3. The van der Waals surface area contributed by atoms with Crippen molar-refractivity contribution in [1.29, 1.82) is 0 Å². The summed E-state index contributed by atoms with van der Waals surface area (Å²) in [6.07, 6.45) is -5.09. The quantitative estimate of drug-likeness (QED) is 0.626. The minimum atomic E-state index is -5.09. The molecule has 140 valence electrons. The topological polar surface area (TPSA) is 55.4 Å². The smallest absolute Gasteiger partial charge is 0.457 e. The second-order valence-electron chi connectivity index (χ2n) is 4.71. The number of esters is 1. The van der Waals surface area contributed by atoms with E-state index < -0.39 is 35.1 Å². The summed E-state index contributed by atoms with van der Waals surface area (Å²) in [4.78, 5) is 22.6. The Morgan fingerprint density at radius 3 is 2.19 bits per heavy atom. The molecule has 0 aliphatic carbocycles. The van der Waals surface area contributed by atoms with Crippen molar-refractivity contribution in [2.45, 2.75) is 26.6 Å². The zero-order chi connectivity index (χ0) is 19.7. The monoisotopic (exact) mass is 371 g/mol. The van der Waals surface area contributed by atoms with E-state index in [1.165, 1.54) is 5.32 Å². The number of anilines is 1. The fourth-order valence-electron chi connectivity index (χ4n) is 1.76. The molecule has 2 aromatic rings. The molecule has 0 spiro atoms. The molecule has 0 radical (unpaired) electrons. The van der Waals surface area contributed by atoms with Gasteiger partial charge in [-0.15, -0.1) is 0 Å². The molecular weight excluding hydrogens is 354 g/mol. The molecule has 2 rings (SSSR count). The van der Waals surface area contributed by atoms with Gasteiger partial charge in [0.05, 0.1) is 5.56 Å². The van der Waals surface area contributed by atoms with Gasteiger partial charge < -0.3 is 10.1 Å². The zero-order valence-corrected chi connectivity index (χ0v) is 14.1. The molecule has 1 N–H and O–H groups in total. The molecular formula is C18H17F4NO3. The van der Waals surface area contributed by atoms with Crippen LogP contribution in [0.2, 0.25) is 0 Å². The van der Waals surface area contributed by atoms with Crippen LogP contribution in [0.1, 0.15) is 29.8 Å². The van der Waals surface area contributed by atoms with E-state index in [1.54, 1.807) is 30.3 Å². The van der Waals surface area contributed by atoms with Gasteiger partial charge in [0, 0.05) is 5.69 Å². The Hall–Kier alpha value is -2.90. The molecule has 0 aliphatic heterocycles. The lowest BCUT2D eigenvalue weighted by atomic mass is 10.2. The third-order valence-corrected chi connectivity index (χ3v) is 2.92. The van der Waals surface area contributed by atoms with Crippen molar-refractivity contribution in [3.63, 3.8) is 0 Å². The molecule has 0 unspecified atom stereocenters. The number of ether oxygens (including phenoxy) is 1. The number of amides is 1. The van der Waals surface area contributed by atoms with Crippen molar-refractivity contribution in [2.24, 2.45) is 0 Å². The molecule has 0 aromatic heterocycles. The summed E-state index contributed by atoms with van der Waals surface area (Å²) in [6.45, 7) is 3.92. The van der Waals surface area contributed by atoms with Crippen molar-refractivity contribution < 1.29 is 31.9 Å². The molecule has 1 amide bonds. The van der Waals surface area contributed by atoms with E-state index in [4.69, 9.17) is 4.74 Å². The molecule has 0 fully saturated rings. The largest absolute Gasteiger partial charge is 0.471 e. The fraction of sp³-hybridized carbons (Fsp3) is 0.222. The molecule has 4 nitrogen and oxygen atoms in total. The number of halogens is 4. The average molecular weight is 371 g/mol. The summed E-state index contributed by atoms with van der Waals surface area (Å²) in [6, 6.07) is 11.2. The summed E-state index contributed by atoms with van der Waals surface area (Å²) in [5.41, 5.74) is -0.175. The maximum atomic E-state index is 13.8. The maximum Gasteiger partial charge on any atom is 0.471 e. The van der Waals surface area contributed by atoms with Crippen molar-refractivity contribution in [2.75, 3.05) is 5.32 Å². The summed E-state index contributed by atoms with van der Waals surface area (Å²) < 4.78 is 55.1. The van der Waals surface area contributed by atoms with Crippen LogP contribution >= 0.6 is 0 Å². The van der Waals surface area contributed by atoms with E-state index in [1.807, 2.05) is 13.8 Å². The third kappa shape index (κ3) is 6.19. The molecule has 0 saturated heterocycles. The van der Waals surface area contributed by atoms with E-state index in [2.05, 4.69) is 0 Å². The first kappa shape index (κ1) is 21.1. The number of hydrogen-bond acceptors (Lipinski definition) is 3. The summed E-state index contributed by atoms with van der Waals surface area (Å²) in [5, 5.41) is 1.49. The van der Waals surface area contributed by atoms with Crippen LogP contribution in [-0.4, -0.2) is 18.1 Å². The highest BCUT2D eigenvalue weighted by Gasteiger charge is 2.38. The van der Waals surface area contributed by atoms with Crippen LogP contribution in [0.25, 0.3) is 0 Å². The minimum Gasteiger partial charge on any atom is -0.457 e. The van der Waals surface area contributed by atoms with E-state index in [0.29, 0.717) is 11.6 Å². The molecule has 0 bridgehead atoms. The minimum absolute atomic E-state index is 0.0777. The van der Waals surface area contributed by atoms with Crippen LogP contribution in [0, 0.1) is 5.82 Å². The van der Waals surface area contributed by atoms with Crippen molar-refractivity contribution >= 4 is 17.6 Å². The van der Waals surface area contributed by atoms with Crippen LogP contribution in [0.4, 0.5) is 23.2 Å². The van der Waals surface area contributed by atoms with E-state index in [0.717, 1.165) is 12.1 Å². The van der Waals surface area contributed by atoms with Gasteiger partial charge in [0.1, 0.15) is 12.4 Å². The molecule has 0 heterocycles. The van der Waals surface area contributed by atoms with Gasteiger partial charge in [-0.2, -0.15) is 13.2 Å². The van der Waals surface area contributed by atoms with Gasteiger partial charge in [-0.1, -0.05) is 44.2 Å². The molecule has 0 aliphatic rings. The Morgan fingerprint density at radius 1 is 1.04 bits per heavy atom. The fourth-order valence-corrected chi connectivity index (χ4v) is 1.76. The van der Waals surface area contributed by atoms with Crippen LogP contribution < -0.4 is 5.32 Å². The Kier molecular flexibility index (Phi) is 7.77. The first-order chi connectivity index (χ1) is 12.3.